The van der Waals surface area contributed by atoms with Crippen LogP contribution < -0.4 is 5.32 Å². The quantitative estimate of drug-likeness (QED) is 0.777. The summed E-state index contributed by atoms with van der Waals surface area (Å²) in [5.74, 6) is 1.54. The molecule has 0 aromatic carbocycles. The van der Waals surface area contributed by atoms with Gasteiger partial charge in [0.2, 0.25) is 4.96 Å². The van der Waals surface area contributed by atoms with Crippen LogP contribution in [0.5, 0.6) is 0 Å². The van der Waals surface area contributed by atoms with Gasteiger partial charge in [0, 0.05) is 24.4 Å². The normalized spacial score (nSPS) is 15.4. The van der Waals surface area contributed by atoms with Gasteiger partial charge >= 0.3 is 0 Å². The molecule has 0 amide bonds. The fraction of sp³-hybridized carbons (Fsp3) is 0.231. The second kappa shape index (κ2) is 4.32. The summed E-state index contributed by atoms with van der Waals surface area (Å²) in [5.41, 5.74) is 1.30. The Morgan fingerprint density at radius 2 is 2.42 bits per heavy atom. The van der Waals surface area contributed by atoms with Crippen molar-refractivity contribution in [1.82, 2.24) is 19.9 Å². The van der Waals surface area contributed by atoms with Crippen LogP contribution in [0.1, 0.15) is 22.2 Å². The molecule has 0 atom stereocenters. The van der Waals surface area contributed by atoms with Crippen LogP contribution in [0.4, 0.5) is 0 Å². The van der Waals surface area contributed by atoms with E-state index in [0.29, 0.717) is 0 Å². The van der Waals surface area contributed by atoms with Crippen molar-refractivity contribution in [2.45, 2.75) is 13.0 Å². The second-order valence-electron chi connectivity index (χ2n) is 4.41. The number of furan rings is 1. The van der Waals surface area contributed by atoms with E-state index in [1.807, 2.05) is 28.8 Å². The lowest BCUT2D eigenvalue weighted by atomic mass is 10.2. The maximum Gasteiger partial charge on any atom is 0.213 e. The van der Waals surface area contributed by atoms with E-state index in [9.17, 15) is 0 Å². The Morgan fingerprint density at radius 3 is 3.32 bits per heavy atom. The van der Waals surface area contributed by atoms with Crippen molar-refractivity contribution in [3.8, 4) is 0 Å². The fourth-order valence-corrected chi connectivity index (χ4v) is 3.33. The van der Waals surface area contributed by atoms with Gasteiger partial charge < -0.3 is 9.73 Å². The molecule has 1 aliphatic rings. The summed E-state index contributed by atoms with van der Waals surface area (Å²) >= 11 is 1.71. The van der Waals surface area contributed by atoms with Crippen molar-refractivity contribution in [2.24, 2.45) is 0 Å². The van der Waals surface area contributed by atoms with Gasteiger partial charge in [-0.25, -0.2) is 4.52 Å². The minimum Gasteiger partial charge on any atom is -0.465 e. The zero-order chi connectivity index (χ0) is 12.7. The Morgan fingerprint density at radius 1 is 1.42 bits per heavy atom. The highest BCUT2D eigenvalue weighted by molar-refractivity contribution is 7.17. The predicted molar refractivity (Wildman–Crippen MR) is 73.9 cm³/mol. The zero-order valence-corrected chi connectivity index (χ0v) is 11.0. The number of aromatic nitrogens is 3. The van der Waals surface area contributed by atoms with Gasteiger partial charge in [-0.15, -0.1) is 5.10 Å². The van der Waals surface area contributed by atoms with E-state index in [-0.39, 0.29) is 0 Å². The van der Waals surface area contributed by atoms with Crippen molar-refractivity contribution in [1.29, 1.82) is 0 Å². The Bertz CT molecular complexity index is 738. The molecule has 0 saturated carbocycles. The molecule has 19 heavy (non-hydrogen) atoms. The number of hydrogen-bond acceptors (Lipinski definition) is 5. The van der Waals surface area contributed by atoms with Gasteiger partial charge in [0.1, 0.15) is 5.76 Å². The monoisotopic (exact) mass is 272 g/mol. The Kier molecular flexibility index (Phi) is 2.49. The van der Waals surface area contributed by atoms with Crippen LogP contribution in [0.2, 0.25) is 0 Å². The third-order valence-electron chi connectivity index (χ3n) is 3.15. The number of rotatable bonds is 2. The van der Waals surface area contributed by atoms with E-state index in [0.717, 1.165) is 36.1 Å². The molecule has 3 aromatic rings. The molecule has 1 N–H and O–H groups in total. The first-order valence-electron chi connectivity index (χ1n) is 6.20. The average Bonchev–Trinajstić information content (AvgIpc) is 3.12. The molecule has 6 heteroatoms. The number of fused-ring (bicyclic) bond motifs is 3. The Labute approximate surface area is 113 Å². The van der Waals surface area contributed by atoms with E-state index in [1.54, 1.807) is 17.6 Å². The van der Waals surface area contributed by atoms with E-state index in [1.165, 1.54) is 10.6 Å². The van der Waals surface area contributed by atoms with E-state index in [4.69, 9.17) is 4.42 Å². The average molecular weight is 272 g/mol. The molecule has 3 aromatic heterocycles. The minimum absolute atomic E-state index is 0.726. The molecule has 5 nitrogen and oxygen atoms in total. The van der Waals surface area contributed by atoms with Crippen LogP contribution in [-0.2, 0) is 13.0 Å². The van der Waals surface area contributed by atoms with Crippen molar-refractivity contribution in [3.05, 3.63) is 40.6 Å². The van der Waals surface area contributed by atoms with Crippen LogP contribution in [-0.4, -0.2) is 21.1 Å². The molecule has 4 rings (SSSR count). The highest BCUT2D eigenvalue weighted by atomic mass is 32.1. The summed E-state index contributed by atoms with van der Waals surface area (Å²) in [6.45, 7) is 1.94. The molecule has 0 bridgehead atoms. The molecule has 96 valence electrons. The van der Waals surface area contributed by atoms with Crippen LogP contribution in [0, 0.1) is 0 Å². The third-order valence-corrected chi connectivity index (χ3v) is 4.22. The van der Waals surface area contributed by atoms with Crippen molar-refractivity contribution in [3.63, 3.8) is 0 Å². The van der Waals surface area contributed by atoms with Crippen LogP contribution in [0.15, 0.2) is 22.8 Å². The van der Waals surface area contributed by atoms with Gasteiger partial charge in [0.05, 0.1) is 12.0 Å². The molecule has 0 aliphatic carbocycles. The second-order valence-corrected chi connectivity index (χ2v) is 5.47. The van der Waals surface area contributed by atoms with Gasteiger partial charge in [-0.3, -0.25) is 0 Å². The molecule has 0 unspecified atom stereocenters. The van der Waals surface area contributed by atoms with Gasteiger partial charge in [0.25, 0.3) is 0 Å². The first-order chi connectivity index (χ1) is 9.40. The topological polar surface area (TPSA) is 55.4 Å². The first-order valence-corrected chi connectivity index (χ1v) is 7.01. The fourth-order valence-electron chi connectivity index (χ4n) is 2.25. The summed E-state index contributed by atoms with van der Waals surface area (Å²) in [4.78, 5) is 6.85. The Balaban J connectivity index is 1.71. The molecule has 0 radical (unpaired) electrons. The van der Waals surface area contributed by atoms with Gasteiger partial charge in [-0.05, 0) is 24.3 Å². The number of thiazole rings is 1. The predicted octanol–water partition coefficient (Wildman–Crippen LogP) is 2.20. The maximum absolute atomic E-state index is 5.25. The van der Waals surface area contributed by atoms with Crippen LogP contribution in [0.25, 0.3) is 17.1 Å². The van der Waals surface area contributed by atoms with E-state index < -0.39 is 0 Å². The summed E-state index contributed by atoms with van der Waals surface area (Å²) in [6, 6.07) is 3.77. The Hall–Kier alpha value is -1.92. The largest absolute Gasteiger partial charge is 0.465 e. The van der Waals surface area contributed by atoms with Crippen molar-refractivity contribution in [2.75, 3.05) is 6.54 Å². The smallest absolute Gasteiger partial charge is 0.213 e. The zero-order valence-electron chi connectivity index (χ0n) is 10.2. The molecular formula is C13H12N4OS. The summed E-state index contributed by atoms with van der Waals surface area (Å²) < 4.78 is 7.22. The molecule has 0 fully saturated rings. The van der Waals surface area contributed by atoms with Crippen molar-refractivity contribution < 1.29 is 4.42 Å². The number of nitrogens with zero attached hydrogens (tertiary/aromatic N) is 3. The number of nitrogens with one attached hydrogen (secondary N) is 1. The molecular weight excluding hydrogens is 260 g/mol. The van der Waals surface area contributed by atoms with Gasteiger partial charge in [-0.1, -0.05) is 11.3 Å². The molecule has 0 spiro atoms. The SMILES string of the molecule is C(=C\c1ccco1)/c1nc2sc3c(n2n1)CCNC3. The van der Waals surface area contributed by atoms with Gasteiger partial charge in [-0.2, -0.15) is 4.98 Å². The lowest BCUT2D eigenvalue weighted by Crippen LogP contribution is -2.23. The first kappa shape index (κ1) is 11.0. The standard InChI is InChI=1S/C13H12N4OS/c1-2-9(18-7-1)3-4-12-15-13-17(16-12)10-5-6-14-8-11(10)19-13/h1-4,7,14H,5-6,8H2/b4-3+. The van der Waals surface area contributed by atoms with Crippen LogP contribution in [0.3, 0.4) is 0 Å². The lowest BCUT2D eigenvalue weighted by molar-refractivity contribution is 0.557. The number of hydrogen-bond donors (Lipinski definition) is 1. The summed E-state index contributed by atoms with van der Waals surface area (Å²) in [5, 5.41) is 7.91. The highest BCUT2D eigenvalue weighted by Gasteiger charge is 2.17. The highest BCUT2D eigenvalue weighted by Crippen LogP contribution is 2.24. The third kappa shape index (κ3) is 1.89. The lowest BCUT2D eigenvalue weighted by Gasteiger charge is -2.10. The van der Waals surface area contributed by atoms with Crippen LogP contribution >= 0.6 is 11.3 Å². The molecule has 0 saturated heterocycles. The molecule has 4 heterocycles. The van der Waals surface area contributed by atoms with Gasteiger partial charge in [0.15, 0.2) is 5.82 Å². The van der Waals surface area contributed by atoms with E-state index in [2.05, 4.69) is 15.4 Å². The molecule has 1 aliphatic heterocycles. The summed E-state index contributed by atoms with van der Waals surface area (Å²) in [7, 11) is 0. The maximum atomic E-state index is 5.25. The summed E-state index contributed by atoms with van der Waals surface area (Å²) in [6.07, 6.45) is 6.43. The van der Waals surface area contributed by atoms with Crippen molar-refractivity contribution >= 4 is 28.4 Å². The minimum atomic E-state index is 0.726. The van der Waals surface area contributed by atoms with E-state index >= 15 is 0 Å².